The van der Waals surface area contributed by atoms with Crippen LogP contribution in [0.25, 0.3) is 0 Å². The van der Waals surface area contributed by atoms with Gasteiger partial charge in [-0.2, -0.15) is 0 Å². The maximum Gasteiger partial charge on any atom is 0.324 e. The van der Waals surface area contributed by atoms with Crippen LogP contribution in [0.3, 0.4) is 0 Å². The molecule has 2 saturated heterocycles. The van der Waals surface area contributed by atoms with Gasteiger partial charge >= 0.3 is 5.97 Å². The molecule has 116 valence electrons. The standard InChI is InChI=1S/C14H14N2O5S/c1-14(8-15-11(17)6-12(15)22-14)13(18)21-7-9-2-4-10(5-3-9)16(19)20/h2-5,12H,6-8H2,1H3/t12-,14?/m1/s1. The Kier molecular flexibility index (Phi) is 3.56. The molecule has 3 rings (SSSR count). The van der Waals surface area contributed by atoms with Gasteiger partial charge in [-0.3, -0.25) is 19.7 Å². The molecule has 0 N–H and O–H groups in total. The van der Waals surface area contributed by atoms with Crippen LogP contribution < -0.4 is 0 Å². The Morgan fingerprint density at radius 2 is 2.18 bits per heavy atom. The monoisotopic (exact) mass is 322 g/mol. The molecule has 7 nitrogen and oxygen atoms in total. The number of esters is 1. The van der Waals surface area contributed by atoms with E-state index < -0.39 is 9.67 Å². The average molecular weight is 322 g/mol. The predicted molar refractivity (Wildman–Crippen MR) is 79.0 cm³/mol. The number of hydrogen-bond donors (Lipinski definition) is 0. The highest BCUT2D eigenvalue weighted by molar-refractivity contribution is 8.02. The Labute approximate surface area is 130 Å². The number of amides is 1. The van der Waals surface area contributed by atoms with Crippen molar-refractivity contribution in [2.24, 2.45) is 0 Å². The summed E-state index contributed by atoms with van der Waals surface area (Å²) in [7, 11) is 0. The lowest BCUT2D eigenvalue weighted by atomic mass is 10.1. The van der Waals surface area contributed by atoms with Gasteiger partial charge in [0, 0.05) is 18.7 Å². The van der Waals surface area contributed by atoms with Crippen molar-refractivity contribution in [3.05, 3.63) is 39.9 Å². The van der Waals surface area contributed by atoms with Gasteiger partial charge in [-0.15, -0.1) is 11.8 Å². The number of β-lactam (4-membered cyclic amide) rings is 1. The summed E-state index contributed by atoms with van der Waals surface area (Å²) in [6, 6.07) is 5.87. The van der Waals surface area contributed by atoms with E-state index in [1.54, 1.807) is 24.0 Å². The smallest absolute Gasteiger partial charge is 0.324 e. The molecule has 0 radical (unpaired) electrons. The molecule has 0 aromatic heterocycles. The SMILES string of the molecule is CC1(C(=O)OCc2ccc([N+](=O)[O-])cc2)CN2C(=O)C[C@H]2S1. The summed E-state index contributed by atoms with van der Waals surface area (Å²) in [6.45, 7) is 2.22. The topological polar surface area (TPSA) is 89.8 Å². The number of fused-ring (bicyclic) bond motifs is 1. The summed E-state index contributed by atoms with van der Waals surface area (Å²) in [5.41, 5.74) is 0.682. The fourth-order valence-corrected chi connectivity index (χ4v) is 4.03. The first-order valence-electron chi connectivity index (χ1n) is 6.77. The molecule has 0 spiro atoms. The van der Waals surface area contributed by atoms with Crippen molar-refractivity contribution in [2.75, 3.05) is 6.54 Å². The van der Waals surface area contributed by atoms with Crippen molar-refractivity contribution < 1.29 is 19.2 Å². The zero-order chi connectivity index (χ0) is 15.9. The van der Waals surface area contributed by atoms with Gasteiger partial charge in [0.05, 0.1) is 16.7 Å². The number of thioether (sulfide) groups is 1. The Balaban J connectivity index is 1.58. The van der Waals surface area contributed by atoms with Crippen LogP contribution >= 0.6 is 11.8 Å². The molecule has 0 aliphatic carbocycles. The van der Waals surface area contributed by atoms with Gasteiger partial charge in [0.25, 0.3) is 5.69 Å². The lowest BCUT2D eigenvalue weighted by Crippen LogP contribution is -2.48. The number of carbonyl (C=O) groups is 2. The molecule has 1 amide bonds. The minimum absolute atomic E-state index is 0.00345. The van der Waals surface area contributed by atoms with Crippen LogP contribution in [0.4, 0.5) is 5.69 Å². The normalized spacial score (nSPS) is 26.3. The van der Waals surface area contributed by atoms with Crippen LogP contribution in [0, 0.1) is 10.1 Å². The predicted octanol–water partition coefficient (Wildman–Crippen LogP) is 1.70. The number of hydrogen-bond acceptors (Lipinski definition) is 6. The van der Waals surface area contributed by atoms with Gasteiger partial charge in [0.2, 0.25) is 5.91 Å². The van der Waals surface area contributed by atoms with Crippen molar-refractivity contribution in [1.82, 2.24) is 4.90 Å². The number of nitro groups is 1. The molecule has 2 fully saturated rings. The molecule has 2 aliphatic heterocycles. The quantitative estimate of drug-likeness (QED) is 0.363. The fourth-order valence-electron chi connectivity index (χ4n) is 2.51. The molecule has 2 heterocycles. The zero-order valence-electron chi connectivity index (χ0n) is 11.9. The highest BCUT2D eigenvalue weighted by atomic mass is 32.2. The lowest BCUT2D eigenvalue weighted by Gasteiger charge is -2.32. The third-order valence-electron chi connectivity index (χ3n) is 3.83. The Hall–Kier alpha value is -2.09. The molecule has 1 aromatic carbocycles. The van der Waals surface area contributed by atoms with E-state index in [2.05, 4.69) is 0 Å². The van der Waals surface area contributed by atoms with E-state index >= 15 is 0 Å². The minimum atomic E-state index is -0.738. The highest BCUT2D eigenvalue weighted by Gasteiger charge is 2.54. The number of benzene rings is 1. The van der Waals surface area contributed by atoms with Crippen LogP contribution in [0.15, 0.2) is 24.3 Å². The van der Waals surface area contributed by atoms with E-state index in [1.165, 1.54) is 23.9 Å². The summed E-state index contributed by atoms with van der Waals surface area (Å²) >= 11 is 1.46. The lowest BCUT2D eigenvalue weighted by molar-refractivity contribution is -0.384. The molecule has 1 aromatic rings. The zero-order valence-corrected chi connectivity index (χ0v) is 12.7. The van der Waals surface area contributed by atoms with E-state index in [9.17, 15) is 19.7 Å². The van der Waals surface area contributed by atoms with E-state index in [-0.39, 0.29) is 29.5 Å². The molecule has 8 heteroatoms. The molecule has 22 heavy (non-hydrogen) atoms. The van der Waals surface area contributed by atoms with Crippen LogP contribution in [-0.2, 0) is 20.9 Å². The average Bonchev–Trinajstić information content (AvgIpc) is 2.78. The summed E-state index contributed by atoms with van der Waals surface area (Å²) in [4.78, 5) is 35.4. The summed E-state index contributed by atoms with van der Waals surface area (Å²) in [6.07, 6.45) is 0.482. The van der Waals surface area contributed by atoms with Crippen molar-refractivity contribution >= 4 is 29.3 Å². The first-order chi connectivity index (χ1) is 10.4. The van der Waals surface area contributed by atoms with Crippen molar-refractivity contribution in [2.45, 2.75) is 30.1 Å². The first kappa shape index (κ1) is 14.8. The third kappa shape index (κ3) is 2.54. The molecule has 1 unspecified atom stereocenters. The van der Waals surface area contributed by atoms with Gasteiger partial charge in [0.15, 0.2) is 0 Å². The van der Waals surface area contributed by atoms with Gasteiger partial charge in [-0.25, -0.2) is 0 Å². The maximum absolute atomic E-state index is 12.3. The third-order valence-corrected chi connectivity index (χ3v) is 5.34. The number of ether oxygens (including phenoxy) is 1. The van der Waals surface area contributed by atoms with Gasteiger partial charge in [0.1, 0.15) is 11.4 Å². The minimum Gasteiger partial charge on any atom is -0.460 e. The van der Waals surface area contributed by atoms with Gasteiger partial charge in [-0.05, 0) is 24.6 Å². The molecule has 2 atom stereocenters. The summed E-state index contributed by atoms with van der Waals surface area (Å²) in [5, 5.41) is 10.7. The second-order valence-corrected chi connectivity index (χ2v) is 7.21. The van der Waals surface area contributed by atoms with E-state index in [0.29, 0.717) is 18.5 Å². The van der Waals surface area contributed by atoms with E-state index in [4.69, 9.17) is 4.74 Å². The Bertz CT molecular complexity index is 647. The number of nitro benzene ring substituents is 1. The maximum atomic E-state index is 12.3. The molecule has 0 saturated carbocycles. The van der Waals surface area contributed by atoms with Crippen LogP contribution in [0.2, 0.25) is 0 Å². The molecular weight excluding hydrogens is 308 g/mol. The van der Waals surface area contributed by atoms with Crippen LogP contribution in [-0.4, -0.2) is 38.4 Å². The summed E-state index contributed by atoms with van der Waals surface area (Å²) in [5.74, 6) is -0.289. The number of carbonyl (C=O) groups excluding carboxylic acids is 2. The number of non-ortho nitro benzene ring substituents is 1. The number of rotatable bonds is 4. The van der Waals surface area contributed by atoms with Crippen molar-refractivity contribution in [3.8, 4) is 0 Å². The van der Waals surface area contributed by atoms with Gasteiger partial charge in [-0.1, -0.05) is 0 Å². The van der Waals surface area contributed by atoms with Crippen LogP contribution in [0.1, 0.15) is 18.9 Å². The molecule has 2 aliphatic rings. The second kappa shape index (κ2) is 5.28. The van der Waals surface area contributed by atoms with E-state index in [0.717, 1.165) is 0 Å². The molecule has 0 bridgehead atoms. The second-order valence-electron chi connectivity index (χ2n) is 5.53. The van der Waals surface area contributed by atoms with Gasteiger partial charge < -0.3 is 9.64 Å². The summed E-state index contributed by atoms with van der Waals surface area (Å²) < 4.78 is 4.57. The largest absolute Gasteiger partial charge is 0.460 e. The van der Waals surface area contributed by atoms with Crippen molar-refractivity contribution in [1.29, 1.82) is 0 Å². The molecular formula is C14H14N2O5S. The fraction of sp³-hybridized carbons (Fsp3) is 0.429. The highest BCUT2D eigenvalue weighted by Crippen LogP contribution is 2.47. The van der Waals surface area contributed by atoms with E-state index in [1.807, 2.05) is 0 Å². The Morgan fingerprint density at radius 3 is 2.73 bits per heavy atom. The van der Waals surface area contributed by atoms with Crippen LogP contribution in [0.5, 0.6) is 0 Å². The Morgan fingerprint density at radius 1 is 1.50 bits per heavy atom. The first-order valence-corrected chi connectivity index (χ1v) is 7.65. The van der Waals surface area contributed by atoms with Crippen molar-refractivity contribution in [3.63, 3.8) is 0 Å². The number of nitrogens with zero attached hydrogens (tertiary/aromatic N) is 2.